The Morgan fingerprint density at radius 2 is 2.32 bits per heavy atom. The van der Waals surface area contributed by atoms with Crippen molar-refractivity contribution in [1.29, 1.82) is 0 Å². The second kappa shape index (κ2) is 7.81. The van der Waals surface area contributed by atoms with Crippen LogP contribution in [0.2, 0.25) is 0 Å². The SMILES string of the molecule is O=C(NCCOC1CCCCO1)c1cc([N+](=O)[O-])ccc1F. The molecule has 0 radical (unpaired) electrons. The van der Waals surface area contributed by atoms with Gasteiger partial charge in [0.2, 0.25) is 0 Å². The molecule has 1 aromatic rings. The number of ether oxygens (including phenoxy) is 2. The van der Waals surface area contributed by atoms with Crippen LogP contribution in [0, 0.1) is 15.9 Å². The highest BCUT2D eigenvalue weighted by Gasteiger charge is 2.17. The number of carbonyl (C=O) groups excluding carboxylic acids is 1. The van der Waals surface area contributed by atoms with Gasteiger partial charge in [-0.25, -0.2) is 4.39 Å². The minimum absolute atomic E-state index is 0.167. The van der Waals surface area contributed by atoms with Crippen LogP contribution < -0.4 is 5.32 Å². The number of nitro benzene ring substituents is 1. The lowest BCUT2D eigenvalue weighted by atomic mass is 10.1. The van der Waals surface area contributed by atoms with E-state index in [1.165, 1.54) is 0 Å². The quantitative estimate of drug-likeness (QED) is 0.493. The van der Waals surface area contributed by atoms with E-state index in [9.17, 15) is 19.3 Å². The van der Waals surface area contributed by atoms with Gasteiger partial charge in [0.25, 0.3) is 11.6 Å². The maximum Gasteiger partial charge on any atom is 0.270 e. The van der Waals surface area contributed by atoms with Crippen molar-refractivity contribution in [3.8, 4) is 0 Å². The molecule has 1 aromatic carbocycles. The molecule has 1 fully saturated rings. The molecule has 1 atom stereocenters. The van der Waals surface area contributed by atoms with Gasteiger partial charge in [-0.2, -0.15) is 0 Å². The number of hydrogen-bond acceptors (Lipinski definition) is 5. The molecule has 0 aromatic heterocycles. The lowest BCUT2D eigenvalue weighted by Gasteiger charge is -2.22. The minimum atomic E-state index is -0.806. The zero-order valence-corrected chi connectivity index (χ0v) is 11.9. The molecule has 1 aliphatic rings. The van der Waals surface area contributed by atoms with E-state index in [1.807, 2.05) is 0 Å². The van der Waals surface area contributed by atoms with E-state index in [1.54, 1.807) is 0 Å². The first-order chi connectivity index (χ1) is 10.6. The summed E-state index contributed by atoms with van der Waals surface area (Å²) in [5.41, 5.74) is -0.693. The van der Waals surface area contributed by atoms with Gasteiger partial charge in [0.05, 0.1) is 17.1 Å². The van der Waals surface area contributed by atoms with Gasteiger partial charge in [-0.3, -0.25) is 14.9 Å². The van der Waals surface area contributed by atoms with Gasteiger partial charge in [-0.05, 0) is 25.3 Å². The summed E-state index contributed by atoms with van der Waals surface area (Å²) in [6.07, 6.45) is 2.60. The van der Waals surface area contributed by atoms with Gasteiger partial charge in [0.15, 0.2) is 6.29 Å². The van der Waals surface area contributed by atoms with E-state index in [-0.39, 0.29) is 30.7 Å². The number of carbonyl (C=O) groups is 1. The second-order valence-electron chi connectivity index (χ2n) is 4.84. The molecule has 0 bridgehead atoms. The summed E-state index contributed by atoms with van der Waals surface area (Å²) >= 11 is 0. The average molecular weight is 312 g/mol. The van der Waals surface area contributed by atoms with Crippen LogP contribution in [0.4, 0.5) is 10.1 Å². The van der Waals surface area contributed by atoms with Crippen molar-refractivity contribution in [2.75, 3.05) is 19.8 Å². The largest absolute Gasteiger partial charge is 0.353 e. The van der Waals surface area contributed by atoms with Crippen molar-refractivity contribution in [2.24, 2.45) is 0 Å². The molecule has 0 saturated carbocycles. The molecule has 1 unspecified atom stereocenters. The molecule has 1 N–H and O–H groups in total. The van der Waals surface area contributed by atoms with Crippen molar-refractivity contribution < 1.29 is 23.6 Å². The number of amides is 1. The van der Waals surface area contributed by atoms with Gasteiger partial charge in [0, 0.05) is 25.3 Å². The highest BCUT2D eigenvalue weighted by Crippen LogP contribution is 2.17. The van der Waals surface area contributed by atoms with Gasteiger partial charge < -0.3 is 14.8 Å². The minimum Gasteiger partial charge on any atom is -0.353 e. The first-order valence-electron chi connectivity index (χ1n) is 7.03. The van der Waals surface area contributed by atoms with Crippen molar-refractivity contribution in [2.45, 2.75) is 25.6 Å². The number of benzene rings is 1. The van der Waals surface area contributed by atoms with Crippen molar-refractivity contribution in [3.05, 3.63) is 39.7 Å². The molecule has 1 saturated heterocycles. The average Bonchev–Trinajstić information content (AvgIpc) is 2.52. The van der Waals surface area contributed by atoms with E-state index >= 15 is 0 Å². The summed E-state index contributed by atoms with van der Waals surface area (Å²) in [5, 5.41) is 13.1. The third-order valence-electron chi connectivity index (χ3n) is 3.23. The Morgan fingerprint density at radius 3 is 3.00 bits per heavy atom. The molecule has 2 rings (SSSR count). The van der Waals surface area contributed by atoms with E-state index in [0.717, 1.165) is 37.5 Å². The maximum absolute atomic E-state index is 13.5. The van der Waals surface area contributed by atoms with Crippen molar-refractivity contribution in [3.63, 3.8) is 0 Å². The van der Waals surface area contributed by atoms with Crippen LogP contribution in [0.15, 0.2) is 18.2 Å². The first kappa shape index (κ1) is 16.3. The molecule has 120 valence electrons. The summed E-state index contributed by atoms with van der Waals surface area (Å²) < 4.78 is 24.3. The van der Waals surface area contributed by atoms with Crippen LogP contribution in [0.5, 0.6) is 0 Å². The van der Waals surface area contributed by atoms with Crippen LogP contribution in [0.25, 0.3) is 0 Å². The Bertz CT molecular complexity index is 546. The Kier molecular flexibility index (Phi) is 5.79. The van der Waals surface area contributed by atoms with Crippen molar-refractivity contribution >= 4 is 11.6 Å². The molecule has 1 amide bonds. The molecule has 8 heteroatoms. The monoisotopic (exact) mass is 312 g/mol. The fraction of sp³-hybridized carbons (Fsp3) is 0.500. The first-order valence-corrected chi connectivity index (χ1v) is 7.03. The number of halogens is 1. The van der Waals surface area contributed by atoms with Crippen LogP contribution in [0.3, 0.4) is 0 Å². The zero-order chi connectivity index (χ0) is 15.9. The molecule has 7 nitrogen and oxygen atoms in total. The third kappa shape index (κ3) is 4.47. The lowest BCUT2D eigenvalue weighted by molar-refractivity contribution is -0.384. The Hall–Kier alpha value is -2.06. The fourth-order valence-electron chi connectivity index (χ4n) is 2.09. The van der Waals surface area contributed by atoms with Gasteiger partial charge in [-0.15, -0.1) is 0 Å². The molecule has 0 spiro atoms. The normalized spacial score (nSPS) is 18.0. The van der Waals surface area contributed by atoms with E-state index < -0.39 is 16.6 Å². The van der Waals surface area contributed by atoms with Crippen LogP contribution >= 0.6 is 0 Å². The standard InChI is InChI=1S/C14H17FN2O5/c15-12-5-4-10(17(19)20)9-11(12)14(18)16-6-8-22-13-3-1-2-7-21-13/h4-5,9,13H,1-3,6-8H2,(H,16,18). The summed E-state index contributed by atoms with van der Waals surface area (Å²) in [6, 6.07) is 2.82. The van der Waals surface area contributed by atoms with Gasteiger partial charge >= 0.3 is 0 Å². The summed E-state index contributed by atoms with van der Waals surface area (Å²) in [6.45, 7) is 1.06. The Morgan fingerprint density at radius 1 is 1.50 bits per heavy atom. The molecule has 1 heterocycles. The molecule has 1 aliphatic heterocycles. The number of nitrogens with zero attached hydrogens (tertiary/aromatic N) is 1. The molecule has 0 aliphatic carbocycles. The predicted molar refractivity (Wildman–Crippen MR) is 74.9 cm³/mol. The van der Waals surface area contributed by atoms with E-state index in [0.29, 0.717) is 6.61 Å². The predicted octanol–water partition coefficient (Wildman–Crippen LogP) is 2.01. The van der Waals surface area contributed by atoms with Crippen LogP contribution in [-0.2, 0) is 9.47 Å². The number of rotatable bonds is 6. The van der Waals surface area contributed by atoms with Gasteiger partial charge in [-0.1, -0.05) is 0 Å². The topological polar surface area (TPSA) is 90.7 Å². The fourth-order valence-corrected chi connectivity index (χ4v) is 2.09. The maximum atomic E-state index is 13.5. The third-order valence-corrected chi connectivity index (χ3v) is 3.23. The summed E-state index contributed by atoms with van der Waals surface area (Å²) in [4.78, 5) is 21.8. The smallest absolute Gasteiger partial charge is 0.270 e. The van der Waals surface area contributed by atoms with Gasteiger partial charge in [0.1, 0.15) is 5.82 Å². The van der Waals surface area contributed by atoms with E-state index in [4.69, 9.17) is 9.47 Å². The second-order valence-corrected chi connectivity index (χ2v) is 4.84. The Balaban J connectivity index is 1.81. The van der Waals surface area contributed by atoms with E-state index in [2.05, 4.69) is 5.32 Å². The Labute approximate surface area is 126 Å². The van der Waals surface area contributed by atoms with Crippen LogP contribution in [-0.4, -0.2) is 36.9 Å². The summed E-state index contributed by atoms with van der Waals surface area (Å²) in [5.74, 6) is -1.52. The number of nitro groups is 1. The summed E-state index contributed by atoms with van der Waals surface area (Å²) in [7, 11) is 0. The molecular formula is C14H17FN2O5. The highest BCUT2D eigenvalue weighted by atomic mass is 19.1. The van der Waals surface area contributed by atoms with Crippen LogP contribution in [0.1, 0.15) is 29.6 Å². The zero-order valence-electron chi connectivity index (χ0n) is 11.9. The lowest BCUT2D eigenvalue weighted by Crippen LogP contribution is -2.31. The molecule has 22 heavy (non-hydrogen) atoms. The number of nitrogens with one attached hydrogen (secondary N) is 1. The highest BCUT2D eigenvalue weighted by molar-refractivity contribution is 5.95. The van der Waals surface area contributed by atoms with Crippen molar-refractivity contribution in [1.82, 2.24) is 5.32 Å². The molecular weight excluding hydrogens is 295 g/mol. The number of hydrogen-bond donors (Lipinski definition) is 1. The number of non-ortho nitro benzene ring substituents is 1.